The van der Waals surface area contributed by atoms with E-state index in [0.717, 1.165) is 19.3 Å². The van der Waals surface area contributed by atoms with E-state index in [1.54, 1.807) is 12.1 Å². The Labute approximate surface area is 198 Å². The van der Waals surface area contributed by atoms with E-state index in [9.17, 15) is 14.0 Å². The Hall–Kier alpha value is -2.40. The van der Waals surface area contributed by atoms with Crippen LogP contribution in [0.3, 0.4) is 0 Å². The molecule has 6 heteroatoms. The van der Waals surface area contributed by atoms with Gasteiger partial charge in [0.25, 0.3) is 5.91 Å². The topological polar surface area (TPSA) is 58.2 Å². The van der Waals surface area contributed by atoms with Gasteiger partial charge in [-0.15, -0.1) is 0 Å². The van der Waals surface area contributed by atoms with Crippen molar-refractivity contribution in [1.82, 2.24) is 5.32 Å². The molecule has 2 N–H and O–H groups in total. The average molecular weight is 467 g/mol. The highest BCUT2D eigenvalue weighted by atomic mass is 35.5. The van der Waals surface area contributed by atoms with Crippen molar-refractivity contribution in [2.75, 3.05) is 5.32 Å². The largest absolute Gasteiger partial charge is 0.341 e. The van der Waals surface area contributed by atoms with Crippen LogP contribution in [0.25, 0.3) is 0 Å². The Morgan fingerprint density at radius 1 is 1.09 bits per heavy atom. The Morgan fingerprint density at radius 2 is 1.82 bits per heavy atom. The summed E-state index contributed by atoms with van der Waals surface area (Å²) in [5.74, 6) is -0.0126. The van der Waals surface area contributed by atoms with Crippen molar-refractivity contribution >= 4 is 29.1 Å². The number of halogens is 2. The molecular weight excluding hydrogens is 439 g/mol. The number of carbonyl (C=O) groups excluding carboxylic acids is 2. The second-order valence-electron chi connectivity index (χ2n) is 11.7. The molecule has 0 spiro atoms. The first kappa shape index (κ1) is 21.2. The minimum absolute atomic E-state index is 0.0564. The summed E-state index contributed by atoms with van der Waals surface area (Å²) in [5.41, 5.74) is 2.31. The molecule has 4 bridgehead atoms. The highest BCUT2D eigenvalue weighted by Gasteiger charge is 2.62. The van der Waals surface area contributed by atoms with Crippen LogP contribution >= 0.6 is 11.6 Å². The molecule has 7 rings (SSSR count). The Bertz CT molecular complexity index is 1190. The fourth-order valence-corrected chi connectivity index (χ4v) is 8.62. The van der Waals surface area contributed by atoms with E-state index in [1.807, 2.05) is 6.07 Å². The lowest BCUT2D eigenvalue weighted by molar-refractivity contribution is -0.165. The third kappa shape index (κ3) is 3.23. The van der Waals surface area contributed by atoms with E-state index < -0.39 is 11.9 Å². The first-order chi connectivity index (χ1) is 15.6. The van der Waals surface area contributed by atoms with Crippen LogP contribution in [-0.4, -0.2) is 11.8 Å². The predicted molar refractivity (Wildman–Crippen MR) is 126 cm³/mol. The van der Waals surface area contributed by atoms with Crippen LogP contribution in [-0.2, 0) is 4.79 Å². The third-order valence-corrected chi connectivity index (χ3v) is 8.88. The Morgan fingerprint density at radius 3 is 2.52 bits per heavy atom. The monoisotopic (exact) mass is 466 g/mol. The molecule has 33 heavy (non-hydrogen) atoms. The second-order valence-corrected chi connectivity index (χ2v) is 12.1. The molecule has 4 aliphatic carbocycles. The van der Waals surface area contributed by atoms with Gasteiger partial charge in [-0.3, -0.25) is 9.59 Å². The summed E-state index contributed by atoms with van der Waals surface area (Å²) in [4.78, 5) is 26.6. The summed E-state index contributed by atoms with van der Waals surface area (Å²) in [5, 5.41) is 6.52. The molecule has 0 saturated heterocycles. The van der Waals surface area contributed by atoms with Crippen molar-refractivity contribution in [3.05, 3.63) is 63.9 Å². The van der Waals surface area contributed by atoms with Gasteiger partial charge < -0.3 is 10.6 Å². The van der Waals surface area contributed by atoms with E-state index >= 15 is 0 Å². The van der Waals surface area contributed by atoms with Crippen molar-refractivity contribution in [3.8, 4) is 0 Å². The number of hydrogen-bond acceptors (Lipinski definition) is 2. The van der Waals surface area contributed by atoms with Crippen molar-refractivity contribution in [2.24, 2.45) is 22.2 Å². The number of amides is 2. The Kier molecular flexibility index (Phi) is 4.37. The van der Waals surface area contributed by atoms with Gasteiger partial charge in [0.2, 0.25) is 5.91 Å². The lowest BCUT2D eigenvalue weighted by Gasteiger charge is -2.64. The predicted octanol–water partition coefficient (Wildman–Crippen LogP) is 6.25. The highest BCUT2D eigenvalue weighted by molar-refractivity contribution is 6.31. The van der Waals surface area contributed by atoms with Gasteiger partial charge in [-0.2, -0.15) is 0 Å². The zero-order valence-corrected chi connectivity index (χ0v) is 19.7. The number of fused-ring (bicyclic) bond motifs is 1. The number of carbonyl (C=O) groups is 2. The number of anilines is 1. The summed E-state index contributed by atoms with van der Waals surface area (Å²) in [6.45, 7) is 4.70. The zero-order chi connectivity index (χ0) is 23.2. The molecule has 4 fully saturated rings. The summed E-state index contributed by atoms with van der Waals surface area (Å²) < 4.78 is 14.0. The molecule has 1 heterocycles. The van der Waals surface area contributed by atoms with Crippen LogP contribution in [0.1, 0.15) is 79.9 Å². The summed E-state index contributed by atoms with van der Waals surface area (Å²) in [6.07, 6.45) is 6.42. The number of benzene rings is 2. The first-order valence-electron chi connectivity index (χ1n) is 11.8. The van der Waals surface area contributed by atoms with Crippen LogP contribution in [0.5, 0.6) is 0 Å². The number of nitrogens with one attached hydrogen (secondary N) is 2. The van der Waals surface area contributed by atoms with E-state index in [-0.39, 0.29) is 28.1 Å². The van der Waals surface area contributed by atoms with Gasteiger partial charge in [0.1, 0.15) is 5.82 Å². The van der Waals surface area contributed by atoms with Gasteiger partial charge >= 0.3 is 0 Å². The summed E-state index contributed by atoms with van der Waals surface area (Å²) >= 11 is 6.38. The fraction of sp³-hybridized carbons (Fsp3) is 0.481. The Balaban J connectivity index is 1.38. The first-order valence-corrected chi connectivity index (χ1v) is 12.2. The lowest BCUT2D eigenvalue weighted by atomic mass is 9.40. The molecule has 2 amide bonds. The third-order valence-electron chi connectivity index (χ3n) is 8.54. The molecular formula is C27H28ClFN2O2. The fourth-order valence-electron chi connectivity index (χ4n) is 8.39. The maximum absolute atomic E-state index is 14.0. The summed E-state index contributed by atoms with van der Waals surface area (Å²) in [7, 11) is 0. The zero-order valence-electron chi connectivity index (χ0n) is 18.9. The molecule has 1 aliphatic heterocycles. The molecule has 5 aliphatic rings. The maximum atomic E-state index is 14.0. The molecule has 3 unspecified atom stereocenters. The smallest absolute Gasteiger partial charge is 0.252 e. The molecule has 2 aromatic rings. The van der Waals surface area contributed by atoms with E-state index in [4.69, 9.17) is 11.6 Å². The highest BCUT2D eigenvalue weighted by Crippen LogP contribution is 2.69. The number of hydrogen-bond donors (Lipinski definition) is 2. The van der Waals surface area contributed by atoms with Crippen LogP contribution < -0.4 is 10.6 Å². The van der Waals surface area contributed by atoms with Crippen molar-refractivity contribution in [2.45, 2.75) is 58.4 Å². The standard InChI is InChI=1S/C27H28ClFN2O2/c1-25-9-15-10-26(2,12-25)14-27(11-15,13-25)24(33)30-20-5-3-4-17-21(20)22(31-23(17)32)18-8-16(29)6-7-19(18)28/h3-8,15,22H,9-14H2,1-2H3,(H,30,33)(H,31,32). The minimum Gasteiger partial charge on any atom is -0.341 e. The average Bonchev–Trinajstić information content (AvgIpc) is 3.04. The van der Waals surface area contributed by atoms with E-state index in [1.165, 1.54) is 37.5 Å². The second kappa shape index (κ2) is 6.82. The van der Waals surface area contributed by atoms with E-state index in [2.05, 4.69) is 24.5 Å². The molecule has 172 valence electrons. The SMILES string of the molecule is CC12CC3CC(C)(C1)CC(C(=O)Nc1cccc4c1C(c1cc(F)ccc1Cl)NC4=O)(C3)C2. The van der Waals surface area contributed by atoms with Gasteiger partial charge in [-0.05, 0) is 85.6 Å². The normalized spacial score (nSPS) is 35.9. The molecule has 2 aromatic carbocycles. The minimum atomic E-state index is -0.612. The quantitative estimate of drug-likeness (QED) is 0.562. The van der Waals surface area contributed by atoms with Crippen molar-refractivity contribution in [1.29, 1.82) is 0 Å². The van der Waals surface area contributed by atoms with Crippen LogP contribution in [0, 0.1) is 28.0 Å². The van der Waals surface area contributed by atoms with Gasteiger partial charge in [0.15, 0.2) is 0 Å². The lowest BCUT2D eigenvalue weighted by Crippen LogP contribution is -2.58. The molecule has 3 atom stereocenters. The van der Waals surface area contributed by atoms with Gasteiger partial charge in [0.05, 0.1) is 11.5 Å². The molecule has 4 saturated carbocycles. The van der Waals surface area contributed by atoms with Crippen molar-refractivity contribution < 1.29 is 14.0 Å². The van der Waals surface area contributed by atoms with E-state index in [0.29, 0.717) is 33.3 Å². The maximum Gasteiger partial charge on any atom is 0.252 e. The van der Waals surface area contributed by atoms with Gasteiger partial charge in [-0.1, -0.05) is 31.5 Å². The number of rotatable bonds is 3. The van der Waals surface area contributed by atoms with Gasteiger partial charge in [0, 0.05) is 27.4 Å². The summed E-state index contributed by atoms with van der Waals surface area (Å²) in [6, 6.07) is 8.88. The van der Waals surface area contributed by atoms with Crippen molar-refractivity contribution in [3.63, 3.8) is 0 Å². The van der Waals surface area contributed by atoms with Crippen LogP contribution in [0.2, 0.25) is 5.02 Å². The van der Waals surface area contributed by atoms with Gasteiger partial charge in [-0.25, -0.2) is 4.39 Å². The van der Waals surface area contributed by atoms with Crippen LogP contribution in [0.4, 0.5) is 10.1 Å². The molecule has 0 aromatic heterocycles. The van der Waals surface area contributed by atoms with Crippen LogP contribution in [0.15, 0.2) is 36.4 Å². The molecule has 4 nitrogen and oxygen atoms in total. The molecule has 0 radical (unpaired) electrons.